The second-order valence-electron chi connectivity index (χ2n) is 19.0. The van der Waals surface area contributed by atoms with Crippen LogP contribution in [0.4, 0.5) is 34.1 Å². The summed E-state index contributed by atoms with van der Waals surface area (Å²) < 4.78 is 0. The highest BCUT2D eigenvalue weighted by molar-refractivity contribution is 7.00. The fourth-order valence-corrected chi connectivity index (χ4v) is 13.3. The maximum atomic E-state index is 2.73. The van der Waals surface area contributed by atoms with Gasteiger partial charge in [-0.1, -0.05) is 97.1 Å². The van der Waals surface area contributed by atoms with E-state index >= 15 is 0 Å². The molecular formula is C55H45BN2. The van der Waals surface area contributed by atoms with E-state index in [0.717, 1.165) is 17.8 Å². The molecule has 58 heavy (non-hydrogen) atoms. The molecule has 2 heterocycles. The Hall–Kier alpha value is -5.80. The van der Waals surface area contributed by atoms with Crippen LogP contribution in [0, 0.1) is 17.8 Å². The molecule has 0 aromatic heterocycles. The van der Waals surface area contributed by atoms with E-state index in [1.54, 1.807) is 5.56 Å². The molecule has 7 aromatic rings. The minimum absolute atomic E-state index is 0.134. The first-order chi connectivity index (χ1) is 28.6. The van der Waals surface area contributed by atoms with Crippen LogP contribution in [-0.2, 0) is 31.1 Å². The summed E-state index contributed by atoms with van der Waals surface area (Å²) in [4.78, 5) is 5.38. The molecule has 4 bridgehead atoms. The first kappa shape index (κ1) is 32.2. The van der Waals surface area contributed by atoms with E-state index in [4.69, 9.17) is 0 Å². The van der Waals surface area contributed by atoms with E-state index in [9.17, 15) is 0 Å². The molecular weight excluding hydrogens is 699 g/mol. The molecule has 0 N–H and O–H groups in total. The van der Waals surface area contributed by atoms with Crippen LogP contribution in [0.15, 0.2) is 146 Å². The van der Waals surface area contributed by atoms with Gasteiger partial charge in [-0.3, -0.25) is 0 Å². The van der Waals surface area contributed by atoms with Gasteiger partial charge in [-0.05, 0) is 196 Å². The van der Waals surface area contributed by atoms with Crippen molar-refractivity contribution < 1.29 is 0 Å². The third kappa shape index (κ3) is 4.45. The van der Waals surface area contributed by atoms with Crippen molar-refractivity contribution in [3.05, 3.63) is 173 Å². The summed E-state index contributed by atoms with van der Waals surface area (Å²) in [5.41, 5.74) is 25.4. The highest BCUT2D eigenvalue weighted by Gasteiger charge is 2.57. The fourth-order valence-electron chi connectivity index (χ4n) is 13.3. The van der Waals surface area contributed by atoms with E-state index in [2.05, 4.69) is 155 Å². The van der Waals surface area contributed by atoms with Crippen molar-refractivity contribution >= 4 is 57.2 Å². The van der Waals surface area contributed by atoms with Gasteiger partial charge in [0.2, 0.25) is 0 Å². The minimum atomic E-state index is 0.134. The van der Waals surface area contributed by atoms with Gasteiger partial charge < -0.3 is 9.80 Å². The zero-order chi connectivity index (χ0) is 37.7. The van der Waals surface area contributed by atoms with Gasteiger partial charge in [0.1, 0.15) is 0 Å². The fraction of sp³-hybridized carbons (Fsp3) is 0.236. The van der Waals surface area contributed by atoms with Gasteiger partial charge in [-0.25, -0.2) is 0 Å². The summed E-state index contributed by atoms with van der Waals surface area (Å²) in [5.74, 6) is 2.70. The number of hydrogen-bond acceptors (Lipinski definition) is 2. The number of nitrogens with zero attached hydrogens (tertiary/aromatic N) is 2. The highest BCUT2D eigenvalue weighted by Crippen LogP contribution is 2.65. The van der Waals surface area contributed by atoms with Crippen LogP contribution < -0.4 is 26.2 Å². The number of rotatable bonds is 5. The second-order valence-corrected chi connectivity index (χ2v) is 19.0. The molecule has 0 amide bonds. The Balaban J connectivity index is 1.06. The van der Waals surface area contributed by atoms with Gasteiger partial charge in [-0.15, -0.1) is 0 Å². The standard InChI is InChI=1S/C55H45BN2/c1-3-7-35(8-4-1)37-15-19-46(20-16-37)57-50-22-18-40(36-9-5-2-6-10-36)26-48(50)56-49-27-41-13-14-42(41)28-51(49)58(47-21-17-38-11-12-39(38)25-47)53-30-45(29-52(57)54(53)56)55-31-34-23-43(32-55)44(24-34)33-55/h1-10,15-22,25-30,34,43-44H,11-14,23-24,31-33H2. The molecule has 3 heteroatoms. The van der Waals surface area contributed by atoms with Crippen LogP contribution in [0.5, 0.6) is 0 Å². The van der Waals surface area contributed by atoms with Crippen molar-refractivity contribution in [2.45, 2.75) is 63.2 Å². The lowest BCUT2D eigenvalue weighted by atomic mass is 9.33. The zero-order valence-corrected chi connectivity index (χ0v) is 32.9. The van der Waals surface area contributed by atoms with Crippen molar-refractivity contribution in [1.82, 2.24) is 0 Å². The van der Waals surface area contributed by atoms with Gasteiger partial charge in [-0.2, -0.15) is 0 Å². The van der Waals surface area contributed by atoms with Crippen molar-refractivity contribution in [3.63, 3.8) is 0 Å². The van der Waals surface area contributed by atoms with E-state index in [0.29, 0.717) is 0 Å². The smallest absolute Gasteiger partial charge is 0.252 e. The number of benzene rings is 7. The maximum Gasteiger partial charge on any atom is 0.252 e. The van der Waals surface area contributed by atoms with Crippen LogP contribution in [0.3, 0.4) is 0 Å². The number of hydrogen-bond donors (Lipinski definition) is 0. The van der Waals surface area contributed by atoms with E-state index < -0.39 is 0 Å². The van der Waals surface area contributed by atoms with Crippen molar-refractivity contribution in [3.8, 4) is 22.3 Å². The molecule has 4 saturated carbocycles. The molecule has 8 aliphatic rings. The second kappa shape index (κ2) is 11.7. The Morgan fingerprint density at radius 3 is 1.66 bits per heavy atom. The molecule has 0 spiro atoms. The van der Waals surface area contributed by atoms with Gasteiger partial charge in [0, 0.05) is 34.1 Å². The average molecular weight is 745 g/mol. The monoisotopic (exact) mass is 744 g/mol. The number of aryl methyl sites for hydroxylation is 4. The molecule has 2 nitrogen and oxygen atoms in total. The first-order valence-electron chi connectivity index (χ1n) is 22.1. The third-order valence-corrected chi connectivity index (χ3v) is 16.0. The molecule has 2 atom stereocenters. The van der Waals surface area contributed by atoms with Gasteiger partial charge in [0.25, 0.3) is 6.71 Å². The zero-order valence-electron chi connectivity index (χ0n) is 32.9. The molecule has 7 aromatic carbocycles. The Kier molecular flexibility index (Phi) is 6.47. The van der Waals surface area contributed by atoms with Crippen LogP contribution in [0.2, 0.25) is 0 Å². The Bertz CT molecular complexity index is 2840. The minimum Gasteiger partial charge on any atom is -0.311 e. The van der Waals surface area contributed by atoms with E-state index in [1.165, 1.54) is 153 Å². The predicted molar refractivity (Wildman–Crippen MR) is 241 cm³/mol. The lowest BCUT2D eigenvalue weighted by molar-refractivity contribution is 0.229. The van der Waals surface area contributed by atoms with Gasteiger partial charge >= 0.3 is 0 Å². The third-order valence-electron chi connectivity index (χ3n) is 16.0. The predicted octanol–water partition coefficient (Wildman–Crippen LogP) is 11.4. The summed E-state index contributed by atoms with van der Waals surface area (Å²) in [5, 5.41) is 0. The summed E-state index contributed by atoms with van der Waals surface area (Å²) >= 11 is 0. The molecule has 2 unspecified atom stereocenters. The van der Waals surface area contributed by atoms with Gasteiger partial charge in [0.05, 0.1) is 0 Å². The average Bonchev–Trinajstić information content (AvgIpc) is 3.68. The summed E-state index contributed by atoms with van der Waals surface area (Å²) in [6.45, 7) is 0.134. The highest BCUT2D eigenvalue weighted by atomic mass is 15.2. The van der Waals surface area contributed by atoms with Crippen molar-refractivity contribution in [2.24, 2.45) is 17.8 Å². The van der Waals surface area contributed by atoms with E-state index in [-0.39, 0.29) is 12.1 Å². The maximum absolute atomic E-state index is 2.73. The molecule has 278 valence electrons. The molecule has 15 rings (SSSR count). The topological polar surface area (TPSA) is 6.48 Å². The van der Waals surface area contributed by atoms with Crippen LogP contribution in [-0.4, -0.2) is 6.71 Å². The molecule has 4 fully saturated rings. The molecule has 6 aliphatic carbocycles. The summed E-state index contributed by atoms with van der Waals surface area (Å²) in [6.07, 6.45) is 11.7. The Morgan fingerprint density at radius 1 is 0.431 bits per heavy atom. The quantitative estimate of drug-likeness (QED) is 0.162. The Morgan fingerprint density at radius 2 is 1.00 bits per heavy atom. The number of fused-ring (bicyclic) bond motifs is 6. The SMILES string of the molecule is c1ccc(-c2ccc(N3c4ccc(-c5ccccc5)cc4B4c5cc6c(cc5N(c5ccc7c(c5)CC7)c5cc(C78CC9CC(C7)C(C9)C8)cc3c54)CC6)cc2)cc1. The Labute approximate surface area is 342 Å². The molecule has 2 aliphatic heterocycles. The van der Waals surface area contributed by atoms with Crippen molar-refractivity contribution in [1.29, 1.82) is 0 Å². The van der Waals surface area contributed by atoms with Gasteiger partial charge in [0.15, 0.2) is 0 Å². The summed E-state index contributed by atoms with van der Waals surface area (Å²) in [6, 6.07) is 56.7. The van der Waals surface area contributed by atoms with Crippen molar-refractivity contribution in [2.75, 3.05) is 9.80 Å². The largest absolute Gasteiger partial charge is 0.311 e. The first-order valence-corrected chi connectivity index (χ1v) is 22.1. The van der Waals surface area contributed by atoms with Crippen LogP contribution in [0.25, 0.3) is 22.3 Å². The van der Waals surface area contributed by atoms with E-state index in [1.807, 2.05) is 0 Å². The molecule has 0 radical (unpaired) electrons. The summed E-state index contributed by atoms with van der Waals surface area (Å²) in [7, 11) is 0. The molecule has 0 saturated heterocycles. The lowest BCUT2D eigenvalue weighted by Crippen LogP contribution is -2.62. The van der Waals surface area contributed by atoms with Crippen LogP contribution >= 0.6 is 0 Å². The van der Waals surface area contributed by atoms with Crippen LogP contribution in [0.1, 0.15) is 59.9 Å². The number of anilines is 6. The normalized spacial score (nSPS) is 23.4. The lowest BCUT2D eigenvalue weighted by Gasteiger charge is -2.47.